The summed E-state index contributed by atoms with van der Waals surface area (Å²) in [6.07, 6.45) is 0.899. The summed E-state index contributed by atoms with van der Waals surface area (Å²) in [7, 11) is -1.78. The maximum Gasteiger partial charge on any atom is 0.243 e. The number of likely N-dealkylation sites (N-methyl/N-ethyl adjacent to an activating group) is 2. The van der Waals surface area contributed by atoms with Crippen molar-refractivity contribution in [2.45, 2.75) is 30.8 Å². The first kappa shape index (κ1) is 23.9. The van der Waals surface area contributed by atoms with E-state index in [4.69, 9.17) is 16.3 Å². The zero-order valence-corrected chi connectivity index (χ0v) is 20.6. The molecule has 33 heavy (non-hydrogen) atoms. The molecule has 9 heteroatoms. The zero-order chi connectivity index (χ0) is 23.6. The van der Waals surface area contributed by atoms with Crippen LogP contribution in [0.3, 0.4) is 0 Å². The van der Waals surface area contributed by atoms with Crippen LogP contribution in [0, 0.1) is 5.92 Å². The summed E-state index contributed by atoms with van der Waals surface area (Å²) in [5, 5.41) is 0.494. The van der Waals surface area contributed by atoms with Crippen molar-refractivity contribution < 1.29 is 17.9 Å². The number of fused-ring (bicyclic) bond motifs is 1. The van der Waals surface area contributed by atoms with Gasteiger partial charge < -0.3 is 14.5 Å². The molecule has 0 N–H and O–H groups in total. The maximum absolute atomic E-state index is 13.1. The van der Waals surface area contributed by atoms with Crippen LogP contribution < -0.4 is 9.64 Å². The van der Waals surface area contributed by atoms with Gasteiger partial charge in [0.1, 0.15) is 11.9 Å². The van der Waals surface area contributed by atoms with E-state index < -0.39 is 10.0 Å². The van der Waals surface area contributed by atoms with E-state index in [-0.39, 0.29) is 22.8 Å². The number of benzene rings is 2. The molecule has 2 aromatic rings. The average molecular weight is 492 g/mol. The fourth-order valence-corrected chi connectivity index (χ4v) is 6.18. The molecule has 0 aromatic heterocycles. The lowest BCUT2D eigenvalue weighted by molar-refractivity contribution is -0.136. The average Bonchev–Trinajstić information content (AvgIpc) is 2.83. The molecule has 7 nitrogen and oxygen atoms in total. The number of piperidine rings is 1. The van der Waals surface area contributed by atoms with Gasteiger partial charge in [-0.05, 0) is 56.2 Å². The van der Waals surface area contributed by atoms with Gasteiger partial charge in [0, 0.05) is 37.6 Å². The van der Waals surface area contributed by atoms with Crippen LogP contribution in [0.25, 0.3) is 0 Å². The third-order valence-corrected chi connectivity index (χ3v) is 8.58. The third-order valence-electron chi connectivity index (χ3n) is 6.41. The van der Waals surface area contributed by atoms with E-state index in [2.05, 4.69) is 17.9 Å². The van der Waals surface area contributed by atoms with Gasteiger partial charge in [0.05, 0.1) is 23.7 Å². The minimum atomic E-state index is -3.58. The molecule has 2 heterocycles. The van der Waals surface area contributed by atoms with Crippen molar-refractivity contribution in [2.24, 2.45) is 5.92 Å². The highest BCUT2D eigenvalue weighted by Gasteiger charge is 2.34. The molecule has 0 spiro atoms. The third kappa shape index (κ3) is 5.13. The van der Waals surface area contributed by atoms with Crippen molar-refractivity contribution in [1.29, 1.82) is 0 Å². The summed E-state index contributed by atoms with van der Waals surface area (Å²) in [6.45, 7) is 4.85. The maximum atomic E-state index is 13.1. The van der Waals surface area contributed by atoms with Gasteiger partial charge in [0.15, 0.2) is 0 Å². The Balaban J connectivity index is 1.34. The zero-order valence-electron chi connectivity index (χ0n) is 19.0. The molecule has 1 unspecified atom stereocenters. The molecule has 0 radical (unpaired) electrons. The van der Waals surface area contributed by atoms with Crippen LogP contribution in [0.4, 0.5) is 5.69 Å². The van der Waals surface area contributed by atoms with Crippen LogP contribution in [0.2, 0.25) is 5.02 Å². The largest absolute Gasteiger partial charge is 0.485 e. The highest BCUT2D eigenvalue weighted by molar-refractivity contribution is 7.89. The van der Waals surface area contributed by atoms with Crippen molar-refractivity contribution in [2.75, 3.05) is 44.7 Å². The first-order chi connectivity index (χ1) is 15.8. The fraction of sp³-hybridized carbons (Fsp3) is 0.458. The number of ether oxygens (including phenoxy) is 1. The van der Waals surface area contributed by atoms with Crippen LogP contribution >= 0.6 is 11.6 Å². The molecule has 0 saturated carbocycles. The van der Waals surface area contributed by atoms with Gasteiger partial charge in [-0.3, -0.25) is 4.79 Å². The highest BCUT2D eigenvalue weighted by Crippen LogP contribution is 2.33. The number of sulfonamides is 1. The fourth-order valence-electron chi connectivity index (χ4n) is 4.58. The number of amides is 1. The lowest BCUT2D eigenvalue weighted by Crippen LogP contribution is -2.49. The molecule has 2 aliphatic heterocycles. The standard InChI is InChI=1S/C24H30ClN3O4S/c1-3-27-17-20(32-23-7-5-4-6-22(23)27)16-26(2)24(29)18-12-14-28(15-13-18)33(30,31)21-10-8-19(25)9-11-21/h4-11,18,20H,3,12-17H2,1-2H3. The van der Waals surface area contributed by atoms with Gasteiger partial charge in [0.2, 0.25) is 15.9 Å². The van der Waals surface area contributed by atoms with Crippen LogP contribution in [0.1, 0.15) is 19.8 Å². The minimum absolute atomic E-state index is 0.0454. The summed E-state index contributed by atoms with van der Waals surface area (Å²) in [6, 6.07) is 14.2. The van der Waals surface area contributed by atoms with Crippen molar-refractivity contribution >= 4 is 33.2 Å². The smallest absolute Gasteiger partial charge is 0.243 e. The van der Waals surface area contributed by atoms with E-state index in [1.165, 1.54) is 16.4 Å². The Morgan fingerprint density at radius 1 is 1.12 bits per heavy atom. The van der Waals surface area contributed by atoms with Crippen molar-refractivity contribution in [3.05, 3.63) is 53.6 Å². The van der Waals surface area contributed by atoms with Crippen LogP contribution in [-0.4, -0.2) is 69.4 Å². The van der Waals surface area contributed by atoms with E-state index in [1.54, 1.807) is 24.1 Å². The molecule has 1 saturated heterocycles. The van der Waals surface area contributed by atoms with E-state index >= 15 is 0 Å². The molecule has 0 aliphatic carbocycles. The van der Waals surface area contributed by atoms with E-state index in [9.17, 15) is 13.2 Å². The molecule has 0 bridgehead atoms. The number of carbonyl (C=O) groups is 1. The van der Waals surface area contributed by atoms with Crippen molar-refractivity contribution in [3.63, 3.8) is 0 Å². The summed E-state index contributed by atoms with van der Waals surface area (Å²) in [5.74, 6) is 0.700. The van der Waals surface area contributed by atoms with Crippen LogP contribution in [-0.2, 0) is 14.8 Å². The van der Waals surface area contributed by atoms with Gasteiger partial charge in [0.25, 0.3) is 0 Å². The Kier molecular flexibility index (Phi) is 7.16. The first-order valence-electron chi connectivity index (χ1n) is 11.3. The molecule has 2 aromatic carbocycles. The van der Waals surface area contributed by atoms with Gasteiger partial charge in [-0.15, -0.1) is 0 Å². The summed E-state index contributed by atoms with van der Waals surface area (Å²) >= 11 is 5.88. The molecule has 1 atom stereocenters. The molecule has 1 fully saturated rings. The van der Waals surface area contributed by atoms with Crippen molar-refractivity contribution in [1.82, 2.24) is 9.21 Å². The first-order valence-corrected chi connectivity index (χ1v) is 13.1. The van der Waals surface area contributed by atoms with Gasteiger partial charge >= 0.3 is 0 Å². The number of nitrogens with zero attached hydrogens (tertiary/aromatic N) is 3. The van der Waals surface area contributed by atoms with E-state index in [1.807, 2.05) is 18.2 Å². The van der Waals surface area contributed by atoms with E-state index in [0.717, 1.165) is 24.5 Å². The SMILES string of the molecule is CCN1CC(CN(C)C(=O)C2CCN(S(=O)(=O)c3ccc(Cl)cc3)CC2)Oc2ccccc21. The van der Waals surface area contributed by atoms with E-state index in [0.29, 0.717) is 37.5 Å². The summed E-state index contributed by atoms with van der Waals surface area (Å²) < 4.78 is 33.4. The number of hydrogen-bond acceptors (Lipinski definition) is 5. The summed E-state index contributed by atoms with van der Waals surface area (Å²) in [4.78, 5) is 17.3. The molecule has 178 valence electrons. The Bertz CT molecular complexity index is 1090. The lowest BCUT2D eigenvalue weighted by Gasteiger charge is -2.38. The second-order valence-corrected chi connectivity index (χ2v) is 11.0. The van der Waals surface area contributed by atoms with Crippen LogP contribution in [0.5, 0.6) is 5.75 Å². The van der Waals surface area contributed by atoms with Crippen LogP contribution in [0.15, 0.2) is 53.4 Å². The lowest BCUT2D eigenvalue weighted by atomic mass is 9.96. The number of rotatable bonds is 6. The number of carbonyl (C=O) groups excluding carboxylic acids is 1. The van der Waals surface area contributed by atoms with Gasteiger partial charge in [-0.1, -0.05) is 23.7 Å². The van der Waals surface area contributed by atoms with Crippen molar-refractivity contribution in [3.8, 4) is 5.75 Å². The normalized spacial score (nSPS) is 19.6. The Labute approximate surface area is 200 Å². The highest BCUT2D eigenvalue weighted by atomic mass is 35.5. The number of anilines is 1. The topological polar surface area (TPSA) is 70.2 Å². The Morgan fingerprint density at radius 3 is 2.45 bits per heavy atom. The second kappa shape index (κ2) is 9.91. The molecular formula is C24H30ClN3O4S. The number of hydrogen-bond donors (Lipinski definition) is 0. The minimum Gasteiger partial charge on any atom is -0.485 e. The summed E-state index contributed by atoms with van der Waals surface area (Å²) in [5.41, 5.74) is 1.08. The molecule has 4 rings (SSSR count). The second-order valence-electron chi connectivity index (χ2n) is 8.60. The molecular weight excluding hydrogens is 462 g/mol. The van der Waals surface area contributed by atoms with Gasteiger partial charge in [-0.25, -0.2) is 8.42 Å². The molecule has 2 aliphatic rings. The Morgan fingerprint density at radius 2 is 1.79 bits per heavy atom. The Hall–Kier alpha value is -2.29. The number of halogens is 1. The predicted octanol–water partition coefficient (Wildman–Crippen LogP) is 3.49. The predicted molar refractivity (Wildman–Crippen MR) is 129 cm³/mol. The van der Waals surface area contributed by atoms with Gasteiger partial charge in [-0.2, -0.15) is 4.31 Å². The molecule has 1 amide bonds. The monoisotopic (exact) mass is 491 g/mol. The quantitative estimate of drug-likeness (QED) is 0.618. The number of para-hydroxylation sites is 2.